The molecule has 0 amide bonds. The van der Waals surface area contributed by atoms with E-state index >= 15 is 0 Å². The Morgan fingerprint density at radius 2 is 1.96 bits per heavy atom. The molecular formula is C18H37N5O. The van der Waals surface area contributed by atoms with Crippen LogP contribution in [0.3, 0.4) is 0 Å². The molecule has 0 radical (unpaired) electrons. The zero-order chi connectivity index (χ0) is 17.4. The molecule has 2 N–H and O–H groups in total. The number of rotatable bonds is 7. The van der Waals surface area contributed by atoms with Crippen molar-refractivity contribution < 1.29 is 4.74 Å². The fourth-order valence-electron chi connectivity index (χ4n) is 3.87. The van der Waals surface area contributed by atoms with Gasteiger partial charge in [-0.15, -0.1) is 0 Å². The van der Waals surface area contributed by atoms with E-state index in [1.165, 1.54) is 19.4 Å². The van der Waals surface area contributed by atoms with E-state index < -0.39 is 0 Å². The van der Waals surface area contributed by atoms with E-state index in [0.717, 1.165) is 51.9 Å². The van der Waals surface area contributed by atoms with Crippen LogP contribution < -0.4 is 10.6 Å². The third-order valence-electron chi connectivity index (χ3n) is 5.40. The van der Waals surface area contributed by atoms with Gasteiger partial charge in [-0.05, 0) is 31.8 Å². The van der Waals surface area contributed by atoms with Crippen LogP contribution in [0.2, 0.25) is 0 Å². The van der Waals surface area contributed by atoms with Crippen molar-refractivity contribution in [2.45, 2.75) is 45.7 Å². The predicted molar refractivity (Wildman–Crippen MR) is 101 cm³/mol. The first-order chi connectivity index (χ1) is 11.7. The molecule has 2 aliphatic heterocycles. The van der Waals surface area contributed by atoms with Crippen molar-refractivity contribution in [1.29, 1.82) is 0 Å². The van der Waals surface area contributed by atoms with Crippen LogP contribution >= 0.6 is 0 Å². The number of nitrogens with one attached hydrogen (secondary N) is 2. The van der Waals surface area contributed by atoms with Crippen molar-refractivity contribution >= 4 is 5.96 Å². The molecule has 0 spiro atoms. The highest BCUT2D eigenvalue weighted by Crippen LogP contribution is 2.15. The topological polar surface area (TPSA) is 52.1 Å². The molecule has 2 aliphatic rings. The highest BCUT2D eigenvalue weighted by atomic mass is 16.5. The van der Waals surface area contributed by atoms with Crippen LogP contribution in [0.5, 0.6) is 0 Å². The van der Waals surface area contributed by atoms with Gasteiger partial charge in [-0.3, -0.25) is 14.8 Å². The van der Waals surface area contributed by atoms with Gasteiger partial charge < -0.3 is 15.4 Å². The fraction of sp³-hybridized carbons (Fsp3) is 0.944. The summed E-state index contributed by atoms with van der Waals surface area (Å²) in [6.07, 6.45) is 2.61. The third kappa shape index (κ3) is 5.60. The average molecular weight is 340 g/mol. The first-order valence-corrected chi connectivity index (χ1v) is 9.66. The summed E-state index contributed by atoms with van der Waals surface area (Å²) in [5, 5.41) is 7.07. The lowest BCUT2D eigenvalue weighted by Gasteiger charge is -2.37. The summed E-state index contributed by atoms with van der Waals surface area (Å²) < 4.78 is 5.49. The van der Waals surface area contributed by atoms with E-state index in [-0.39, 0.29) is 0 Å². The summed E-state index contributed by atoms with van der Waals surface area (Å²) in [7, 11) is 1.86. The normalized spacial score (nSPS) is 25.2. The monoisotopic (exact) mass is 339 g/mol. The summed E-state index contributed by atoms with van der Waals surface area (Å²) in [6, 6.07) is 1.17. The van der Waals surface area contributed by atoms with Gasteiger partial charge in [0.05, 0.1) is 13.2 Å². The van der Waals surface area contributed by atoms with Crippen LogP contribution in [0, 0.1) is 5.92 Å². The Hall–Kier alpha value is -0.850. The van der Waals surface area contributed by atoms with Crippen molar-refractivity contribution in [2.75, 3.05) is 59.5 Å². The molecule has 0 aromatic heterocycles. The molecule has 0 saturated carbocycles. The Bertz CT molecular complexity index is 382. The van der Waals surface area contributed by atoms with Gasteiger partial charge in [0.1, 0.15) is 0 Å². The van der Waals surface area contributed by atoms with Crippen LogP contribution in [0.4, 0.5) is 0 Å². The van der Waals surface area contributed by atoms with Gasteiger partial charge >= 0.3 is 0 Å². The van der Waals surface area contributed by atoms with E-state index in [2.05, 4.69) is 46.2 Å². The molecule has 2 fully saturated rings. The second kappa shape index (κ2) is 10.2. The van der Waals surface area contributed by atoms with Crippen molar-refractivity contribution in [3.8, 4) is 0 Å². The highest BCUT2D eigenvalue weighted by molar-refractivity contribution is 5.79. The van der Waals surface area contributed by atoms with E-state index in [1.807, 2.05) is 7.05 Å². The number of hydrogen-bond donors (Lipinski definition) is 2. The minimum absolute atomic E-state index is 0.520. The Balaban J connectivity index is 1.78. The summed E-state index contributed by atoms with van der Waals surface area (Å²) in [6.45, 7) is 14.9. The number of likely N-dealkylation sites (N-methyl/N-ethyl adjacent to an activating group) is 1. The van der Waals surface area contributed by atoms with Gasteiger partial charge in [-0.25, -0.2) is 0 Å². The Morgan fingerprint density at radius 1 is 1.21 bits per heavy atom. The third-order valence-corrected chi connectivity index (χ3v) is 5.40. The molecule has 140 valence electrons. The van der Waals surface area contributed by atoms with Crippen LogP contribution in [0.1, 0.15) is 33.6 Å². The van der Waals surface area contributed by atoms with Crippen molar-refractivity contribution in [3.63, 3.8) is 0 Å². The number of guanidine groups is 1. The van der Waals surface area contributed by atoms with Crippen LogP contribution in [-0.2, 0) is 4.74 Å². The lowest BCUT2D eigenvalue weighted by molar-refractivity contribution is 0.00752. The van der Waals surface area contributed by atoms with Gasteiger partial charge in [0, 0.05) is 45.3 Å². The zero-order valence-corrected chi connectivity index (χ0v) is 16.1. The van der Waals surface area contributed by atoms with Gasteiger partial charge in [0.2, 0.25) is 0 Å². The number of likely N-dealkylation sites (tertiary alicyclic amines) is 1. The number of ether oxygens (including phenoxy) is 1. The molecule has 0 aromatic carbocycles. The summed E-state index contributed by atoms with van der Waals surface area (Å²) in [4.78, 5) is 9.52. The van der Waals surface area contributed by atoms with Crippen molar-refractivity contribution in [2.24, 2.45) is 10.9 Å². The van der Waals surface area contributed by atoms with E-state index in [9.17, 15) is 0 Å². The second-order valence-electron chi connectivity index (χ2n) is 7.22. The molecule has 2 heterocycles. The minimum atomic E-state index is 0.520. The molecule has 0 aliphatic carbocycles. The van der Waals surface area contributed by atoms with Crippen molar-refractivity contribution in [3.05, 3.63) is 0 Å². The maximum Gasteiger partial charge on any atom is 0.191 e. The van der Waals surface area contributed by atoms with Crippen LogP contribution in [0.15, 0.2) is 4.99 Å². The molecule has 0 bridgehead atoms. The van der Waals surface area contributed by atoms with Gasteiger partial charge in [0.15, 0.2) is 5.96 Å². The molecule has 2 atom stereocenters. The predicted octanol–water partition coefficient (Wildman–Crippen LogP) is 0.993. The van der Waals surface area contributed by atoms with Gasteiger partial charge in [-0.1, -0.05) is 20.8 Å². The molecule has 6 nitrogen and oxygen atoms in total. The largest absolute Gasteiger partial charge is 0.379 e. The lowest BCUT2D eigenvalue weighted by Crippen LogP contribution is -2.53. The average Bonchev–Trinajstić information content (AvgIpc) is 3.06. The molecule has 2 saturated heterocycles. The quantitative estimate of drug-likeness (QED) is 0.535. The Morgan fingerprint density at radius 3 is 2.58 bits per heavy atom. The standard InChI is InChI=1S/C18H37N5O/c1-5-22-8-6-7-16(22)13-20-18(19-4)21-14-17(15(2)3)23-9-11-24-12-10-23/h15-17H,5-14H2,1-4H3,(H2,19,20,21). The van der Waals surface area contributed by atoms with Crippen LogP contribution in [0.25, 0.3) is 0 Å². The molecule has 6 heteroatoms. The molecule has 2 unspecified atom stereocenters. The first kappa shape index (κ1) is 19.5. The Kier molecular flexibility index (Phi) is 8.29. The molecular weight excluding hydrogens is 302 g/mol. The number of hydrogen-bond acceptors (Lipinski definition) is 4. The number of aliphatic imine (C=N–C) groups is 1. The zero-order valence-electron chi connectivity index (χ0n) is 16.1. The molecule has 24 heavy (non-hydrogen) atoms. The summed E-state index contributed by atoms with van der Waals surface area (Å²) in [5.74, 6) is 1.54. The number of nitrogens with zero attached hydrogens (tertiary/aromatic N) is 3. The lowest BCUT2D eigenvalue weighted by atomic mass is 10.0. The van der Waals surface area contributed by atoms with Gasteiger partial charge in [-0.2, -0.15) is 0 Å². The maximum absolute atomic E-state index is 5.49. The van der Waals surface area contributed by atoms with Gasteiger partial charge in [0.25, 0.3) is 0 Å². The summed E-state index contributed by atoms with van der Waals surface area (Å²) >= 11 is 0. The molecule has 0 aromatic rings. The second-order valence-corrected chi connectivity index (χ2v) is 7.22. The SMILES string of the molecule is CCN1CCCC1CNC(=NC)NCC(C(C)C)N1CCOCC1. The smallest absolute Gasteiger partial charge is 0.191 e. The maximum atomic E-state index is 5.49. The van der Waals surface area contributed by atoms with E-state index in [4.69, 9.17) is 4.74 Å². The minimum Gasteiger partial charge on any atom is -0.379 e. The van der Waals surface area contributed by atoms with E-state index in [1.54, 1.807) is 0 Å². The fourth-order valence-corrected chi connectivity index (χ4v) is 3.87. The van der Waals surface area contributed by atoms with Crippen molar-refractivity contribution in [1.82, 2.24) is 20.4 Å². The van der Waals surface area contributed by atoms with E-state index in [0.29, 0.717) is 18.0 Å². The summed E-state index contributed by atoms with van der Waals surface area (Å²) in [5.41, 5.74) is 0. The highest BCUT2D eigenvalue weighted by Gasteiger charge is 2.25. The Labute approximate surface area is 148 Å². The number of morpholine rings is 1. The first-order valence-electron chi connectivity index (χ1n) is 9.66. The molecule has 2 rings (SSSR count). The van der Waals surface area contributed by atoms with Crippen LogP contribution in [-0.4, -0.2) is 87.4 Å².